The van der Waals surface area contributed by atoms with Crippen molar-refractivity contribution in [1.29, 1.82) is 0 Å². The second kappa shape index (κ2) is 15.0. The number of hydrogen-bond donors (Lipinski definition) is 3. The van der Waals surface area contributed by atoms with Crippen molar-refractivity contribution in [2.24, 2.45) is 11.8 Å². The molecule has 2 saturated heterocycles. The Bertz CT molecular complexity index is 1050. The quantitative estimate of drug-likeness (QED) is 0.343. The molecule has 9 nitrogen and oxygen atoms in total. The molecule has 0 bridgehead atoms. The van der Waals surface area contributed by atoms with E-state index in [1.54, 1.807) is 7.05 Å². The van der Waals surface area contributed by atoms with E-state index >= 15 is 0 Å². The van der Waals surface area contributed by atoms with E-state index in [4.69, 9.17) is 0 Å². The van der Waals surface area contributed by atoms with E-state index in [0.717, 1.165) is 89.2 Å². The molecule has 3 N–H and O–H groups in total. The predicted octanol–water partition coefficient (Wildman–Crippen LogP) is 3.22. The summed E-state index contributed by atoms with van der Waals surface area (Å²) in [6.07, 6.45) is 16.8. The second-order valence-electron chi connectivity index (χ2n) is 12.6. The number of likely N-dealkylation sites (tertiary alicyclic amines) is 2. The van der Waals surface area contributed by atoms with Crippen LogP contribution in [0.5, 0.6) is 0 Å². The number of rotatable bonds is 10. The topological polar surface area (TPSA) is 111 Å². The van der Waals surface area contributed by atoms with Gasteiger partial charge in [-0.15, -0.1) is 0 Å². The van der Waals surface area contributed by atoms with Crippen molar-refractivity contribution < 1.29 is 19.2 Å². The summed E-state index contributed by atoms with van der Waals surface area (Å²) in [5.74, 6) is 0.711. The van der Waals surface area contributed by atoms with Gasteiger partial charge in [-0.2, -0.15) is 0 Å². The lowest BCUT2D eigenvalue weighted by atomic mass is 9.83. The summed E-state index contributed by atoms with van der Waals surface area (Å²) in [5.41, 5.74) is 2.33. The van der Waals surface area contributed by atoms with Crippen molar-refractivity contribution >= 4 is 24.1 Å². The molecule has 4 amide bonds. The summed E-state index contributed by atoms with van der Waals surface area (Å²) < 4.78 is 0. The highest BCUT2D eigenvalue weighted by atomic mass is 16.2. The highest BCUT2D eigenvalue weighted by molar-refractivity contribution is 5.90. The van der Waals surface area contributed by atoms with E-state index in [9.17, 15) is 19.2 Å². The first-order valence-corrected chi connectivity index (χ1v) is 16.1. The zero-order valence-corrected chi connectivity index (χ0v) is 25.6. The van der Waals surface area contributed by atoms with Gasteiger partial charge in [-0.05, 0) is 88.8 Å². The van der Waals surface area contributed by atoms with Gasteiger partial charge in [0.15, 0.2) is 0 Å². The molecule has 232 valence electrons. The molecule has 2 saturated carbocycles. The van der Waals surface area contributed by atoms with Crippen molar-refractivity contribution in [3.63, 3.8) is 0 Å². The third-order valence-electron chi connectivity index (χ3n) is 10.0. The van der Waals surface area contributed by atoms with Gasteiger partial charge in [0.1, 0.15) is 6.04 Å². The van der Waals surface area contributed by atoms with Gasteiger partial charge in [0.2, 0.25) is 24.1 Å². The van der Waals surface area contributed by atoms with Crippen molar-refractivity contribution in [3.05, 3.63) is 36.5 Å². The van der Waals surface area contributed by atoms with Gasteiger partial charge in [-0.1, -0.05) is 44.6 Å². The normalized spacial score (nSPS) is 27.2. The molecule has 5 aliphatic rings. The van der Waals surface area contributed by atoms with E-state index < -0.39 is 6.04 Å². The minimum atomic E-state index is -0.439. The minimum absolute atomic E-state index is 0.0711. The van der Waals surface area contributed by atoms with Gasteiger partial charge in [-0.25, -0.2) is 0 Å². The Labute approximate surface area is 251 Å². The average molecular weight is 582 g/mol. The van der Waals surface area contributed by atoms with Crippen LogP contribution in [-0.2, 0) is 19.2 Å². The van der Waals surface area contributed by atoms with E-state index in [1.165, 1.54) is 12.0 Å². The van der Waals surface area contributed by atoms with Crippen LogP contribution in [0, 0.1) is 11.8 Å². The smallest absolute Gasteiger partial charge is 0.245 e. The second-order valence-corrected chi connectivity index (χ2v) is 12.6. The van der Waals surface area contributed by atoms with Crippen LogP contribution in [0.2, 0.25) is 0 Å². The van der Waals surface area contributed by atoms with Crippen LogP contribution in [0.15, 0.2) is 36.5 Å². The molecule has 4 fully saturated rings. The van der Waals surface area contributed by atoms with Crippen LogP contribution in [-0.4, -0.2) is 84.3 Å². The molecule has 2 aliphatic heterocycles. The van der Waals surface area contributed by atoms with Crippen LogP contribution in [0.25, 0.3) is 0 Å². The number of hydrogen-bond acceptors (Lipinski definition) is 5. The Hall–Kier alpha value is -2.94. The Balaban J connectivity index is 0.000000262. The molecule has 0 aromatic rings. The van der Waals surface area contributed by atoms with Gasteiger partial charge in [0, 0.05) is 19.0 Å². The lowest BCUT2D eigenvalue weighted by Crippen LogP contribution is -2.56. The van der Waals surface area contributed by atoms with Gasteiger partial charge in [-0.3, -0.25) is 19.2 Å². The molecule has 5 rings (SSSR count). The summed E-state index contributed by atoms with van der Waals surface area (Å²) in [7, 11) is 1.76. The summed E-state index contributed by atoms with van der Waals surface area (Å²) in [4.78, 5) is 53.2. The van der Waals surface area contributed by atoms with Gasteiger partial charge < -0.3 is 25.8 Å². The fourth-order valence-electron chi connectivity index (χ4n) is 7.30. The predicted molar refractivity (Wildman–Crippen MR) is 164 cm³/mol. The molecular weight excluding hydrogens is 530 g/mol. The van der Waals surface area contributed by atoms with E-state index in [2.05, 4.69) is 29.1 Å². The van der Waals surface area contributed by atoms with Gasteiger partial charge in [0.25, 0.3) is 0 Å². The SMILES string of the molecule is C=CC1=C(C=C)C(NC=O)CCC1.CN[C@@H](C)C(=O)NC(C(=O)N1CCC2C1CCN2C(=O)C1CC1)C1CCCCC1. The van der Waals surface area contributed by atoms with E-state index in [-0.39, 0.29) is 47.8 Å². The van der Waals surface area contributed by atoms with Crippen LogP contribution in [0.3, 0.4) is 0 Å². The highest BCUT2D eigenvalue weighted by Crippen LogP contribution is 2.38. The molecule has 3 aliphatic carbocycles. The maximum absolute atomic E-state index is 13.6. The Morgan fingerprint density at radius 1 is 0.881 bits per heavy atom. The number of nitrogens with zero attached hydrogens (tertiary/aromatic N) is 2. The van der Waals surface area contributed by atoms with E-state index in [1.807, 2.05) is 28.9 Å². The van der Waals surface area contributed by atoms with Crippen LogP contribution >= 0.6 is 0 Å². The maximum atomic E-state index is 13.6. The first-order valence-electron chi connectivity index (χ1n) is 16.1. The first kappa shape index (κ1) is 32.0. The largest absolute Gasteiger partial charge is 0.352 e. The lowest BCUT2D eigenvalue weighted by Gasteiger charge is -2.35. The number of fused-ring (bicyclic) bond motifs is 1. The molecule has 4 unspecified atom stereocenters. The Morgan fingerprint density at radius 3 is 2.14 bits per heavy atom. The maximum Gasteiger partial charge on any atom is 0.245 e. The molecule has 0 radical (unpaired) electrons. The molecular formula is C33H51N5O4. The van der Waals surface area contributed by atoms with Gasteiger partial charge >= 0.3 is 0 Å². The standard InChI is InChI=1S/C22H36N4O3.C11H15NO/c1-14(23-2)20(27)24-19(15-6-4-3-5-7-15)22(29)26-13-11-17-18(26)10-12-25(17)21(28)16-8-9-16;1-3-9-6-5-7-11(12-8-13)10(9)4-2/h14-19,23H,3-13H2,1-2H3,(H,24,27);3-4,8,11H,1-2,5-7H2,(H,12,13)/t14-,17?,18?,19?;/m0./s1. The summed E-state index contributed by atoms with van der Waals surface area (Å²) >= 11 is 0. The average Bonchev–Trinajstić information content (AvgIpc) is 3.66. The molecule has 9 heteroatoms. The molecule has 0 spiro atoms. The molecule has 5 atom stereocenters. The Kier molecular flexibility index (Phi) is 11.4. The van der Waals surface area contributed by atoms with Gasteiger partial charge in [0.05, 0.1) is 24.2 Å². The van der Waals surface area contributed by atoms with Crippen LogP contribution < -0.4 is 16.0 Å². The van der Waals surface area contributed by atoms with Crippen molar-refractivity contribution in [1.82, 2.24) is 25.8 Å². The fourth-order valence-corrected chi connectivity index (χ4v) is 7.30. The fraction of sp³-hybridized carbons (Fsp3) is 0.697. The zero-order chi connectivity index (χ0) is 30.2. The molecule has 2 heterocycles. The number of amides is 4. The van der Waals surface area contributed by atoms with Crippen molar-refractivity contribution in [2.45, 2.75) is 114 Å². The summed E-state index contributed by atoms with van der Waals surface area (Å²) in [5, 5.41) is 8.85. The lowest BCUT2D eigenvalue weighted by molar-refractivity contribution is -0.140. The summed E-state index contributed by atoms with van der Waals surface area (Å²) in [6.45, 7) is 10.8. The van der Waals surface area contributed by atoms with Crippen molar-refractivity contribution in [3.8, 4) is 0 Å². The third-order valence-corrected chi connectivity index (χ3v) is 10.0. The van der Waals surface area contributed by atoms with Crippen LogP contribution in [0.1, 0.15) is 84.0 Å². The molecule has 0 aromatic heterocycles. The molecule has 0 aromatic carbocycles. The highest BCUT2D eigenvalue weighted by Gasteiger charge is 2.50. The minimum Gasteiger partial charge on any atom is -0.352 e. The number of nitrogens with one attached hydrogen (secondary N) is 3. The zero-order valence-electron chi connectivity index (χ0n) is 25.6. The number of allylic oxidation sites excluding steroid dienone is 2. The number of likely N-dealkylation sites (N-methyl/N-ethyl adjacent to an activating group) is 1. The number of carbonyl (C=O) groups excluding carboxylic acids is 4. The molecule has 42 heavy (non-hydrogen) atoms. The first-order chi connectivity index (χ1) is 20.3. The van der Waals surface area contributed by atoms with Crippen molar-refractivity contribution in [2.75, 3.05) is 20.1 Å². The van der Waals surface area contributed by atoms with Crippen LogP contribution in [0.4, 0.5) is 0 Å². The summed E-state index contributed by atoms with van der Waals surface area (Å²) in [6, 6.07) is -0.332. The van der Waals surface area contributed by atoms with E-state index in [0.29, 0.717) is 12.5 Å². The number of carbonyl (C=O) groups is 4. The Morgan fingerprint density at radius 2 is 1.55 bits per heavy atom. The monoisotopic (exact) mass is 581 g/mol. The third kappa shape index (κ3) is 7.33.